The first-order valence-electron chi connectivity index (χ1n) is 13.6. The van der Waals surface area contributed by atoms with Crippen LogP contribution in [0.3, 0.4) is 0 Å². The van der Waals surface area contributed by atoms with Crippen LogP contribution in [0.4, 0.5) is 15.3 Å². The fraction of sp³-hybridized carbons (Fsp3) is 0.583. The van der Waals surface area contributed by atoms with E-state index >= 15 is 0 Å². The van der Waals surface area contributed by atoms with E-state index in [1.165, 1.54) is 24.3 Å². The number of unbranched alkanes of at least 4 members (excludes halogenated alkanes) is 2. The highest BCUT2D eigenvalue weighted by Crippen LogP contribution is 2.60. The molecule has 0 saturated heterocycles. The summed E-state index contributed by atoms with van der Waals surface area (Å²) >= 11 is 0. The van der Waals surface area contributed by atoms with Gasteiger partial charge < -0.3 is 47.7 Å². The lowest BCUT2D eigenvalue weighted by Gasteiger charge is -2.22. The second-order valence-electron chi connectivity index (χ2n) is 9.80. The van der Waals surface area contributed by atoms with Crippen molar-refractivity contribution in [3.8, 4) is 0 Å². The summed E-state index contributed by atoms with van der Waals surface area (Å²) in [7, 11) is -9.95. The molecule has 0 bridgehead atoms. The van der Waals surface area contributed by atoms with Gasteiger partial charge in [-0.05, 0) is 55.7 Å². The molecule has 0 aliphatic heterocycles. The fourth-order valence-corrected chi connectivity index (χ4v) is 5.43. The van der Waals surface area contributed by atoms with Crippen molar-refractivity contribution >= 4 is 45.3 Å². The zero-order chi connectivity index (χ0) is 33.3. The highest BCUT2D eigenvalue weighted by Gasteiger charge is 2.35. The third-order valence-corrected chi connectivity index (χ3v) is 8.35. The Labute approximate surface area is 254 Å². The zero-order valence-corrected chi connectivity index (χ0v) is 26.3. The number of nitrogens with two attached hydrogens (primary N) is 3. The van der Waals surface area contributed by atoms with Crippen LogP contribution in [-0.4, -0.2) is 65.6 Å². The molecule has 44 heavy (non-hydrogen) atoms. The second kappa shape index (κ2) is 19.3. The predicted octanol–water partition coefficient (Wildman–Crippen LogP) is 1.56. The summed E-state index contributed by atoms with van der Waals surface area (Å²) in [4.78, 5) is 66.3. The number of anilines is 1. The molecule has 20 heteroatoms. The van der Waals surface area contributed by atoms with Gasteiger partial charge in [0.25, 0.3) is 0 Å². The highest BCUT2D eigenvalue weighted by molar-refractivity contribution is 7.61. The third-order valence-electron chi connectivity index (χ3n) is 5.73. The van der Waals surface area contributed by atoms with Crippen LogP contribution in [0.5, 0.6) is 0 Å². The molecular weight excluding hydrogens is 626 g/mol. The van der Waals surface area contributed by atoms with Crippen molar-refractivity contribution in [1.82, 2.24) is 10.6 Å². The molecule has 0 fully saturated rings. The van der Waals surface area contributed by atoms with Gasteiger partial charge in [0.2, 0.25) is 11.8 Å². The van der Waals surface area contributed by atoms with Crippen LogP contribution < -0.4 is 33.2 Å². The molecule has 0 aliphatic rings. The number of carbonyl (C=O) groups is 4. The van der Waals surface area contributed by atoms with E-state index in [0.717, 1.165) is 0 Å². The number of hydrogen-bond acceptors (Lipinski definition) is 11. The number of amides is 5. The summed E-state index contributed by atoms with van der Waals surface area (Å²) in [6.45, 7) is 3.00. The summed E-state index contributed by atoms with van der Waals surface area (Å²) in [5.74, 6) is -1.24. The number of urea groups is 1. The number of phosphoric ester groups is 2. The fourth-order valence-electron chi connectivity index (χ4n) is 3.34. The lowest BCUT2D eigenvalue weighted by molar-refractivity contribution is -0.128. The molecule has 4 unspecified atom stereocenters. The van der Waals surface area contributed by atoms with E-state index in [2.05, 4.69) is 29.5 Å². The van der Waals surface area contributed by atoms with Gasteiger partial charge in [0.15, 0.2) is 0 Å². The summed E-state index contributed by atoms with van der Waals surface area (Å²) < 4.78 is 42.4. The quantitative estimate of drug-likeness (QED) is 0.0682. The monoisotopic (exact) mass is 668 g/mol. The van der Waals surface area contributed by atoms with Gasteiger partial charge in [-0.25, -0.2) is 18.7 Å². The second-order valence-corrected chi connectivity index (χ2v) is 12.8. The first kappa shape index (κ1) is 38.9. The Morgan fingerprint density at radius 3 is 2.09 bits per heavy atom. The largest absolute Gasteiger partial charge is 0.481 e. The van der Waals surface area contributed by atoms with Crippen LogP contribution in [0, 0.1) is 5.92 Å². The summed E-state index contributed by atoms with van der Waals surface area (Å²) in [6.07, 6.45) is 0.724. The van der Waals surface area contributed by atoms with Crippen molar-refractivity contribution in [2.75, 3.05) is 25.1 Å². The molecule has 0 aliphatic carbocycles. The van der Waals surface area contributed by atoms with E-state index in [4.69, 9.17) is 21.7 Å². The lowest BCUT2D eigenvalue weighted by Crippen LogP contribution is -2.51. The molecule has 0 aromatic heterocycles. The van der Waals surface area contributed by atoms with Gasteiger partial charge in [-0.2, -0.15) is 4.31 Å². The summed E-state index contributed by atoms with van der Waals surface area (Å²) in [5, 5.41) is 7.66. The Morgan fingerprint density at radius 1 is 0.886 bits per heavy atom. The predicted molar refractivity (Wildman–Crippen MR) is 157 cm³/mol. The smallest absolute Gasteiger partial charge is 0.450 e. The van der Waals surface area contributed by atoms with Gasteiger partial charge in [0, 0.05) is 12.2 Å². The molecular formula is C24H42N6O12P2. The molecule has 1 aromatic carbocycles. The van der Waals surface area contributed by atoms with Gasteiger partial charge in [-0.15, -0.1) is 0 Å². The third kappa shape index (κ3) is 17.3. The van der Waals surface area contributed by atoms with Crippen LogP contribution in [0.25, 0.3) is 0 Å². The minimum atomic E-state index is -5.02. The number of benzene rings is 1. The zero-order valence-electron chi connectivity index (χ0n) is 24.5. The minimum absolute atomic E-state index is 0.0690. The van der Waals surface area contributed by atoms with Crippen LogP contribution in [-0.2, 0) is 43.4 Å². The SMILES string of the molecule is CC(C)C(N)C(=O)NC(CCCNC(N)=O)C(=O)Nc1ccc(COP(=O)(O)OP(=O)(O)OCCCCCOC(N)=O)cc1. The number of hydrogen-bond donors (Lipinski definition) is 8. The molecule has 250 valence electrons. The van der Waals surface area contributed by atoms with Crippen molar-refractivity contribution in [2.24, 2.45) is 23.1 Å². The number of phosphoric acid groups is 2. The number of rotatable bonds is 21. The standard InChI is InChI=1S/C24H42N6O12P2/c1-16(2)20(25)22(32)30-19(7-6-12-28-23(26)33)21(31)29-18-10-8-17(9-11-18)15-41-44(37,38)42-43(35,36)40-14-5-3-4-13-39-24(27)34/h8-11,16,19-20H,3-7,12-15,25H2,1-2H3,(H2,27,34)(H,29,31)(H,30,32)(H,35,36)(H,37,38)(H3,26,28,33). The van der Waals surface area contributed by atoms with Gasteiger partial charge in [-0.3, -0.25) is 18.6 Å². The van der Waals surface area contributed by atoms with Gasteiger partial charge in [0.05, 0.1) is 25.9 Å². The van der Waals surface area contributed by atoms with Crippen molar-refractivity contribution in [1.29, 1.82) is 0 Å². The van der Waals surface area contributed by atoms with E-state index in [9.17, 15) is 38.1 Å². The molecule has 0 saturated carbocycles. The maximum Gasteiger partial charge on any atom is 0.481 e. The molecule has 0 radical (unpaired) electrons. The highest BCUT2D eigenvalue weighted by atomic mass is 31.3. The van der Waals surface area contributed by atoms with E-state index < -0.39 is 58.3 Å². The maximum absolute atomic E-state index is 12.9. The van der Waals surface area contributed by atoms with Crippen molar-refractivity contribution in [3.05, 3.63) is 29.8 Å². The van der Waals surface area contributed by atoms with E-state index in [1.54, 1.807) is 13.8 Å². The number of ether oxygens (including phenoxy) is 1. The average Bonchev–Trinajstić information content (AvgIpc) is 2.92. The van der Waals surface area contributed by atoms with E-state index in [1.807, 2.05) is 0 Å². The topological polar surface area (TPSA) is 294 Å². The average molecular weight is 669 g/mol. The number of carbonyl (C=O) groups excluding carboxylic acids is 4. The van der Waals surface area contributed by atoms with Crippen molar-refractivity contribution in [3.63, 3.8) is 0 Å². The first-order chi connectivity index (χ1) is 20.5. The van der Waals surface area contributed by atoms with Gasteiger partial charge in [-0.1, -0.05) is 26.0 Å². The van der Waals surface area contributed by atoms with Gasteiger partial charge >= 0.3 is 27.8 Å². The summed E-state index contributed by atoms with van der Waals surface area (Å²) in [5.41, 5.74) is 16.4. The van der Waals surface area contributed by atoms with Crippen molar-refractivity contribution in [2.45, 2.75) is 64.6 Å². The Kier molecular flexibility index (Phi) is 17.1. The minimum Gasteiger partial charge on any atom is -0.450 e. The van der Waals surface area contributed by atoms with E-state index in [-0.39, 0.29) is 38.5 Å². The van der Waals surface area contributed by atoms with E-state index in [0.29, 0.717) is 30.5 Å². The van der Waals surface area contributed by atoms with Crippen molar-refractivity contribution < 1.29 is 56.2 Å². The Morgan fingerprint density at radius 2 is 1.50 bits per heavy atom. The Balaban J connectivity index is 2.64. The molecule has 4 atom stereocenters. The molecule has 0 heterocycles. The summed E-state index contributed by atoms with van der Waals surface area (Å²) in [6, 6.07) is 3.28. The molecule has 0 spiro atoms. The van der Waals surface area contributed by atoms with Crippen LogP contribution in [0.15, 0.2) is 24.3 Å². The number of primary amides is 2. The molecule has 18 nitrogen and oxygen atoms in total. The Hall–Kier alpha value is -3.08. The molecule has 11 N–H and O–H groups in total. The maximum atomic E-state index is 12.9. The number of nitrogens with one attached hydrogen (secondary N) is 3. The molecule has 5 amide bonds. The van der Waals surface area contributed by atoms with Crippen LogP contribution >= 0.6 is 15.6 Å². The van der Waals surface area contributed by atoms with Gasteiger partial charge in [0.1, 0.15) is 6.04 Å². The normalized spacial score (nSPS) is 15.3. The first-order valence-corrected chi connectivity index (χ1v) is 16.6. The Bertz CT molecular complexity index is 1190. The van der Waals surface area contributed by atoms with Crippen LogP contribution in [0.1, 0.15) is 51.5 Å². The van der Waals surface area contributed by atoms with Crippen LogP contribution in [0.2, 0.25) is 0 Å². The molecule has 1 aromatic rings. The molecule has 1 rings (SSSR count). The lowest BCUT2D eigenvalue weighted by atomic mass is 10.0.